The first kappa shape index (κ1) is 19.9. The van der Waals surface area contributed by atoms with Crippen molar-refractivity contribution in [2.24, 2.45) is 5.92 Å². The van der Waals surface area contributed by atoms with Crippen LogP contribution in [0.2, 0.25) is 0 Å². The molecule has 1 saturated heterocycles. The van der Waals surface area contributed by atoms with Crippen LogP contribution in [0.3, 0.4) is 0 Å². The Kier molecular flexibility index (Phi) is 7.00. The topological polar surface area (TPSA) is 61.4 Å². The number of rotatable bonds is 6. The summed E-state index contributed by atoms with van der Waals surface area (Å²) in [7, 11) is 0. The second-order valence-electron chi connectivity index (χ2n) is 7.15. The summed E-state index contributed by atoms with van der Waals surface area (Å²) in [6.45, 7) is 1.75. The molecule has 2 aromatic carbocycles. The molecule has 0 saturated carbocycles. The Morgan fingerprint density at radius 3 is 2.61 bits per heavy atom. The number of likely N-dealkylation sites (tertiary alicyclic amines) is 1. The standard InChI is InChI=1S/C22H26FN3O2/c23-19-10-4-5-11-20(19)25-22(28)26-14-6-9-18(16-26)15-24-21(27)13-12-17-7-2-1-3-8-17/h1-5,7-8,10-11,18H,6,9,12-16H2,(H,24,27)(H,25,28). The van der Waals surface area contributed by atoms with Gasteiger partial charge in [-0.3, -0.25) is 4.79 Å². The molecule has 1 fully saturated rings. The molecular weight excluding hydrogens is 357 g/mol. The van der Waals surface area contributed by atoms with Gasteiger partial charge >= 0.3 is 6.03 Å². The Morgan fingerprint density at radius 2 is 1.82 bits per heavy atom. The van der Waals surface area contributed by atoms with Crippen molar-refractivity contribution in [3.8, 4) is 0 Å². The Hall–Kier alpha value is -2.89. The minimum absolute atomic E-state index is 0.0248. The lowest BCUT2D eigenvalue weighted by Gasteiger charge is -2.33. The molecule has 1 unspecified atom stereocenters. The lowest BCUT2D eigenvalue weighted by atomic mass is 9.98. The van der Waals surface area contributed by atoms with Gasteiger partial charge in [0, 0.05) is 26.1 Å². The number of carbonyl (C=O) groups excluding carboxylic acids is 2. The normalized spacial score (nSPS) is 16.5. The Labute approximate surface area is 164 Å². The number of amides is 3. The zero-order valence-corrected chi connectivity index (χ0v) is 15.9. The van der Waals surface area contributed by atoms with Gasteiger partial charge in [0.1, 0.15) is 5.82 Å². The molecule has 2 aromatic rings. The summed E-state index contributed by atoms with van der Waals surface area (Å²) in [5.74, 6) is -0.215. The summed E-state index contributed by atoms with van der Waals surface area (Å²) < 4.78 is 13.7. The monoisotopic (exact) mass is 383 g/mol. The molecule has 1 atom stereocenters. The maximum Gasteiger partial charge on any atom is 0.321 e. The molecule has 0 aliphatic carbocycles. The summed E-state index contributed by atoms with van der Waals surface area (Å²) in [5, 5.41) is 5.61. The predicted octanol–water partition coefficient (Wildman–Crippen LogP) is 3.82. The van der Waals surface area contributed by atoms with Crippen molar-refractivity contribution in [2.45, 2.75) is 25.7 Å². The van der Waals surface area contributed by atoms with E-state index >= 15 is 0 Å². The SMILES string of the molecule is O=C(CCc1ccccc1)NCC1CCCN(C(=O)Nc2ccccc2F)C1. The van der Waals surface area contributed by atoms with Gasteiger partial charge in [0.05, 0.1) is 5.69 Å². The van der Waals surface area contributed by atoms with E-state index in [0.29, 0.717) is 32.5 Å². The molecule has 5 nitrogen and oxygen atoms in total. The van der Waals surface area contributed by atoms with E-state index in [1.807, 2.05) is 30.3 Å². The first-order chi connectivity index (χ1) is 13.6. The molecule has 148 valence electrons. The molecule has 28 heavy (non-hydrogen) atoms. The second-order valence-corrected chi connectivity index (χ2v) is 7.15. The molecule has 0 bridgehead atoms. The molecule has 0 aromatic heterocycles. The van der Waals surface area contributed by atoms with E-state index < -0.39 is 5.82 Å². The molecule has 2 N–H and O–H groups in total. The highest BCUT2D eigenvalue weighted by molar-refractivity contribution is 5.89. The fraction of sp³-hybridized carbons (Fsp3) is 0.364. The van der Waals surface area contributed by atoms with Crippen LogP contribution in [0.4, 0.5) is 14.9 Å². The van der Waals surface area contributed by atoms with Crippen molar-refractivity contribution in [1.82, 2.24) is 10.2 Å². The van der Waals surface area contributed by atoms with Crippen LogP contribution in [0.25, 0.3) is 0 Å². The highest BCUT2D eigenvalue weighted by Gasteiger charge is 2.24. The van der Waals surface area contributed by atoms with Crippen molar-refractivity contribution < 1.29 is 14.0 Å². The maximum atomic E-state index is 13.7. The Balaban J connectivity index is 1.42. The van der Waals surface area contributed by atoms with E-state index in [1.165, 1.54) is 6.07 Å². The van der Waals surface area contributed by atoms with Gasteiger partial charge in [-0.05, 0) is 42.9 Å². The van der Waals surface area contributed by atoms with E-state index in [-0.39, 0.29) is 23.5 Å². The van der Waals surface area contributed by atoms with Gasteiger partial charge in [-0.1, -0.05) is 42.5 Å². The molecule has 6 heteroatoms. The molecular formula is C22H26FN3O2. The maximum absolute atomic E-state index is 13.7. The number of anilines is 1. The zero-order valence-electron chi connectivity index (χ0n) is 15.9. The van der Waals surface area contributed by atoms with Crippen LogP contribution in [-0.2, 0) is 11.2 Å². The third-order valence-electron chi connectivity index (χ3n) is 4.99. The summed E-state index contributed by atoms with van der Waals surface area (Å²) >= 11 is 0. The number of nitrogens with zero attached hydrogens (tertiary/aromatic N) is 1. The third kappa shape index (κ3) is 5.81. The largest absolute Gasteiger partial charge is 0.356 e. The Bertz CT molecular complexity index is 797. The number of aryl methyl sites for hydroxylation is 1. The molecule has 1 aliphatic heterocycles. The van der Waals surface area contributed by atoms with E-state index in [0.717, 1.165) is 18.4 Å². The molecule has 0 spiro atoms. The van der Waals surface area contributed by atoms with Crippen molar-refractivity contribution >= 4 is 17.6 Å². The average molecular weight is 383 g/mol. The van der Waals surface area contributed by atoms with E-state index in [4.69, 9.17) is 0 Å². The van der Waals surface area contributed by atoms with Crippen LogP contribution in [0.5, 0.6) is 0 Å². The van der Waals surface area contributed by atoms with E-state index in [9.17, 15) is 14.0 Å². The molecule has 0 radical (unpaired) electrons. The fourth-order valence-electron chi connectivity index (χ4n) is 3.42. The smallest absolute Gasteiger partial charge is 0.321 e. The number of piperidine rings is 1. The lowest BCUT2D eigenvalue weighted by Crippen LogP contribution is -2.45. The Morgan fingerprint density at radius 1 is 1.07 bits per heavy atom. The van der Waals surface area contributed by atoms with E-state index in [1.54, 1.807) is 23.1 Å². The molecule has 1 aliphatic rings. The van der Waals surface area contributed by atoms with Gasteiger partial charge in [0.15, 0.2) is 0 Å². The third-order valence-corrected chi connectivity index (χ3v) is 4.99. The van der Waals surface area contributed by atoms with Gasteiger partial charge < -0.3 is 15.5 Å². The number of halogens is 1. The number of urea groups is 1. The van der Waals surface area contributed by atoms with Crippen molar-refractivity contribution in [3.05, 3.63) is 66.0 Å². The highest BCUT2D eigenvalue weighted by Crippen LogP contribution is 2.18. The van der Waals surface area contributed by atoms with Crippen molar-refractivity contribution in [2.75, 3.05) is 25.0 Å². The van der Waals surface area contributed by atoms with E-state index in [2.05, 4.69) is 10.6 Å². The van der Waals surface area contributed by atoms with Crippen molar-refractivity contribution in [3.63, 3.8) is 0 Å². The predicted molar refractivity (Wildman–Crippen MR) is 107 cm³/mol. The second kappa shape index (κ2) is 9.88. The van der Waals surface area contributed by atoms with Crippen LogP contribution in [0, 0.1) is 11.7 Å². The summed E-state index contributed by atoms with van der Waals surface area (Å²) in [4.78, 5) is 26.2. The quantitative estimate of drug-likeness (QED) is 0.797. The van der Waals surface area contributed by atoms with Crippen LogP contribution in [-0.4, -0.2) is 36.5 Å². The number of para-hydroxylation sites is 1. The van der Waals surface area contributed by atoms with Gasteiger partial charge in [0.25, 0.3) is 0 Å². The summed E-state index contributed by atoms with van der Waals surface area (Å²) in [6, 6.07) is 15.8. The fourth-order valence-corrected chi connectivity index (χ4v) is 3.42. The van der Waals surface area contributed by atoms with Crippen LogP contribution in [0.15, 0.2) is 54.6 Å². The van der Waals surface area contributed by atoms with Gasteiger partial charge in [0.2, 0.25) is 5.91 Å². The zero-order chi connectivity index (χ0) is 19.8. The molecule has 1 heterocycles. The first-order valence-electron chi connectivity index (χ1n) is 9.73. The average Bonchev–Trinajstić information content (AvgIpc) is 2.73. The van der Waals surface area contributed by atoms with Crippen LogP contribution < -0.4 is 10.6 Å². The molecule has 3 rings (SSSR count). The number of carbonyl (C=O) groups is 2. The molecule has 3 amide bonds. The van der Waals surface area contributed by atoms with Crippen LogP contribution in [0.1, 0.15) is 24.8 Å². The highest BCUT2D eigenvalue weighted by atomic mass is 19.1. The number of hydrogen-bond acceptors (Lipinski definition) is 2. The van der Waals surface area contributed by atoms with Crippen LogP contribution >= 0.6 is 0 Å². The van der Waals surface area contributed by atoms with Crippen molar-refractivity contribution in [1.29, 1.82) is 0 Å². The minimum atomic E-state index is -0.449. The lowest BCUT2D eigenvalue weighted by molar-refractivity contribution is -0.121. The summed E-state index contributed by atoms with van der Waals surface area (Å²) in [6.07, 6.45) is 3.00. The van der Waals surface area contributed by atoms with Gasteiger partial charge in [-0.15, -0.1) is 0 Å². The number of benzene rings is 2. The van der Waals surface area contributed by atoms with Gasteiger partial charge in [-0.2, -0.15) is 0 Å². The number of nitrogens with one attached hydrogen (secondary N) is 2. The summed E-state index contributed by atoms with van der Waals surface area (Å²) in [5.41, 5.74) is 1.33. The first-order valence-corrected chi connectivity index (χ1v) is 9.73. The number of hydrogen-bond donors (Lipinski definition) is 2. The van der Waals surface area contributed by atoms with Gasteiger partial charge in [-0.25, -0.2) is 9.18 Å². The minimum Gasteiger partial charge on any atom is -0.356 e.